The number of nitrogens with zero attached hydrogens (tertiary/aromatic N) is 1. The first-order valence-corrected chi connectivity index (χ1v) is 6.71. The summed E-state index contributed by atoms with van der Waals surface area (Å²) in [6.07, 6.45) is -0.144. The lowest BCUT2D eigenvalue weighted by molar-refractivity contribution is -0.0316. The second-order valence-electron chi connectivity index (χ2n) is 5.21. The Hall–Kier alpha value is -1.27. The molecule has 0 aliphatic carbocycles. The van der Waals surface area contributed by atoms with Crippen LogP contribution in [0.15, 0.2) is 12.1 Å². The Morgan fingerprint density at radius 1 is 1.30 bits per heavy atom. The average molecular weight is 288 g/mol. The second-order valence-corrected chi connectivity index (χ2v) is 5.21. The SMILES string of the molecule is CC(C)N1CCOC(CNc2c(F)cc(F)cc2F)C1. The lowest BCUT2D eigenvalue weighted by Crippen LogP contribution is -2.48. The molecule has 6 heteroatoms. The van der Waals surface area contributed by atoms with Crippen molar-refractivity contribution >= 4 is 5.69 Å². The second kappa shape index (κ2) is 6.45. The van der Waals surface area contributed by atoms with Crippen LogP contribution >= 0.6 is 0 Å². The van der Waals surface area contributed by atoms with E-state index in [1.165, 1.54) is 0 Å². The first kappa shape index (κ1) is 15.1. The predicted molar refractivity (Wildman–Crippen MR) is 71.3 cm³/mol. The zero-order valence-electron chi connectivity index (χ0n) is 11.6. The summed E-state index contributed by atoms with van der Waals surface area (Å²) in [5, 5.41) is 2.67. The maximum absolute atomic E-state index is 13.5. The zero-order chi connectivity index (χ0) is 14.7. The van der Waals surface area contributed by atoms with Crippen molar-refractivity contribution in [3.05, 3.63) is 29.6 Å². The van der Waals surface area contributed by atoms with Gasteiger partial charge in [-0.25, -0.2) is 13.2 Å². The Balaban J connectivity index is 1.95. The lowest BCUT2D eigenvalue weighted by atomic mass is 10.2. The highest BCUT2D eigenvalue weighted by atomic mass is 19.1. The summed E-state index contributed by atoms with van der Waals surface area (Å²) in [5.41, 5.74) is -0.309. The van der Waals surface area contributed by atoms with Crippen molar-refractivity contribution in [3.8, 4) is 0 Å². The van der Waals surface area contributed by atoms with E-state index in [1.54, 1.807) is 0 Å². The van der Waals surface area contributed by atoms with Gasteiger partial charge >= 0.3 is 0 Å². The van der Waals surface area contributed by atoms with E-state index < -0.39 is 17.5 Å². The van der Waals surface area contributed by atoms with Gasteiger partial charge in [0.05, 0.1) is 12.7 Å². The van der Waals surface area contributed by atoms with Gasteiger partial charge in [0.25, 0.3) is 0 Å². The average Bonchev–Trinajstić information content (AvgIpc) is 2.37. The molecule has 1 aromatic carbocycles. The minimum absolute atomic E-state index is 0.144. The molecule has 0 amide bonds. The molecule has 2 rings (SSSR count). The maximum atomic E-state index is 13.5. The molecule has 0 aromatic heterocycles. The normalized spacial score (nSPS) is 20.4. The molecule has 1 saturated heterocycles. The summed E-state index contributed by atoms with van der Waals surface area (Å²) in [6, 6.07) is 1.72. The molecule has 0 spiro atoms. The van der Waals surface area contributed by atoms with Crippen LogP contribution in [-0.2, 0) is 4.74 Å². The van der Waals surface area contributed by atoms with Crippen LogP contribution in [0.3, 0.4) is 0 Å². The summed E-state index contributed by atoms with van der Waals surface area (Å²) in [7, 11) is 0. The Bertz CT molecular complexity index is 445. The van der Waals surface area contributed by atoms with Crippen LogP contribution in [0.5, 0.6) is 0 Å². The van der Waals surface area contributed by atoms with E-state index in [2.05, 4.69) is 24.1 Å². The van der Waals surface area contributed by atoms with Gasteiger partial charge in [-0.05, 0) is 13.8 Å². The molecule has 1 N–H and O–H groups in total. The quantitative estimate of drug-likeness (QED) is 0.922. The van der Waals surface area contributed by atoms with E-state index in [4.69, 9.17) is 4.74 Å². The Kier molecular flexibility index (Phi) is 4.88. The topological polar surface area (TPSA) is 24.5 Å². The van der Waals surface area contributed by atoms with Gasteiger partial charge in [-0.1, -0.05) is 0 Å². The van der Waals surface area contributed by atoms with Crippen LogP contribution in [0.4, 0.5) is 18.9 Å². The van der Waals surface area contributed by atoms with Gasteiger partial charge in [-0.15, -0.1) is 0 Å². The van der Waals surface area contributed by atoms with E-state index in [-0.39, 0.29) is 18.3 Å². The highest BCUT2D eigenvalue weighted by Gasteiger charge is 2.22. The minimum Gasteiger partial charge on any atom is -0.378 e. The molecule has 0 saturated carbocycles. The van der Waals surface area contributed by atoms with Crippen LogP contribution in [0.2, 0.25) is 0 Å². The minimum atomic E-state index is -0.931. The number of hydrogen-bond donors (Lipinski definition) is 1. The van der Waals surface area contributed by atoms with Crippen molar-refractivity contribution < 1.29 is 17.9 Å². The van der Waals surface area contributed by atoms with Crippen molar-refractivity contribution in [2.45, 2.75) is 26.0 Å². The molecule has 0 radical (unpaired) electrons. The zero-order valence-corrected chi connectivity index (χ0v) is 11.6. The molecule has 1 atom stereocenters. The molecule has 3 nitrogen and oxygen atoms in total. The number of nitrogens with one attached hydrogen (secondary N) is 1. The third kappa shape index (κ3) is 3.64. The van der Waals surface area contributed by atoms with E-state index in [0.717, 1.165) is 6.54 Å². The maximum Gasteiger partial charge on any atom is 0.152 e. The fraction of sp³-hybridized carbons (Fsp3) is 0.571. The smallest absolute Gasteiger partial charge is 0.152 e. The van der Waals surface area contributed by atoms with Crippen molar-refractivity contribution in [2.75, 3.05) is 31.6 Å². The standard InChI is InChI=1S/C14H19F3N2O/c1-9(2)19-3-4-20-11(8-19)7-18-14-12(16)5-10(15)6-13(14)17/h5-6,9,11,18H,3-4,7-8H2,1-2H3. The number of ether oxygens (including phenoxy) is 1. The molecule has 1 aliphatic rings. The van der Waals surface area contributed by atoms with Crippen LogP contribution in [-0.4, -0.2) is 43.3 Å². The van der Waals surface area contributed by atoms with E-state index in [1.807, 2.05) is 0 Å². The Labute approximate surface area is 116 Å². The third-order valence-electron chi connectivity index (χ3n) is 3.41. The molecule has 1 fully saturated rings. The van der Waals surface area contributed by atoms with E-state index >= 15 is 0 Å². The van der Waals surface area contributed by atoms with Crippen molar-refractivity contribution in [3.63, 3.8) is 0 Å². The van der Waals surface area contributed by atoms with Gasteiger partial charge < -0.3 is 10.1 Å². The molecule has 20 heavy (non-hydrogen) atoms. The molecular weight excluding hydrogens is 269 g/mol. The fourth-order valence-electron chi connectivity index (χ4n) is 2.26. The van der Waals surface area contributed by atoms with Crippen molar-refractivity contribution in [1.29, 1.82) is 0 Å². The number of rotatable bonds is 4. The number of halogens is 3. The van der Waals surface area contributed by atoms with Crippen LogP contribution < -0.4 is 5.32 Å². The number of benzene rings is 1. The number of morpholine rings is 1. The Morgan fingerprint density at radius 3 is 2.55 bits per heavy atom. The largest absolute Gasteiger partial charge is 0.378 e. The molecule has 1 aromatic rings. The number of hydrogen-bond acceptors (Lipinski definition) is 3. The highest BCUT2D eigenvalue weighted by molar-refractivity contribution is 5.46. The monoisotopic (exact) mass is 288 g/mol. The summed E-state index contributed by atoms with van der Waals surface area (Å²) in [6.45, 7) is 6.62. The van der Waals surface area contributed by atoms with Gasteiger partial charge in [-0.2, -0.15) is 0 Å². The van der Waals surface area contributed by atoms with Crippen LogP contribution in [0, 0.1) is 17.5 Å². The van der Waals surface area contributed by atoms with Crippen LogP contribution in [0.25, 0.3) is 0 Å². The molecule has 1 aliphatic heterocycles. The molecular formula is C14H19F3N2O. The first-order valence-electron chi connectivity index (χ1n) is 6.71. The van der Waals surface area contributed by atoms with Gasteiger partial charge in [0.15, 0.2) is 11.6 Å². The fourth-order valence-corrected chi connectivity index (χ4v) is 2.26. The molecule has 0 bridgehead atoms. The van der Waals surface area contributed by atoms with Gasteiger partial charge in [0, 0.05) is 37.8 Å². The van der Waals surface area contributed by atoms with Crippen molar-refractivity contribution in [2.24, 2.45) is 0 Å². The predicted octanol–water partition coefficient (Wildman–Crippen LogP) is 2.63. The molecule has 1 heterocycles. The number of anilines is 1. The summed E-state index contributed by atoms with van der Waals surface area (Å²) in [4.78, 5) is 2.24. The van der Waals surface area contributed by atoms with Gasteiger partial charge in [0.2, 0.25) is 0 Å². The van der Waals surface area contributed by atoms with Gasteiger partial charge in [0.1, 0.15) is 11.5 Å². The van der Waals surface area contributed by atoms with E-state index in [9.17, 15) is 13.2 Å². The van der Waals surface area contributed by atoms with E-state index in [0.29, 0.717) is 31.3 Å². The highest BCUT2D eigenvalue weighted by Crippen LogP contribution is 2.20. The van der Waals surface area contributed by atoms with Gasteiger partial charge in [-0.3, -0.25) is 4.90 Å². The summed E-state index contributed by atoms with van der Waals surface area (Å²) >= 11 is 0. The lowest BCUT2D eigenvalue weighted by Gasteiger charge is -2.35. The Morgan fingerprint density at radius 2 is 1.95 bits per heavy atom. The first-order chi connectivity index (χ1) is 9.47. The third-order valence-corrected chi connectivity index (χ3v) is 3.41. The molecule has 112 valence electrons. The molecule has 1 unspecified atom stereocenters. The van der Waals surface area contributed by atoms with Crippen molar-refractivity contribution in [1.82, 2.24) is 4.90 Å². The summed E-state index contributed by atoms with van der Waals surface area (Å²) in [5.74, 6) is -2.79. The van der Waals surface area contributed by atoms with Crippen LogP contribution in [0.1, 0.15) is 13.8 Å². The summed E-state index contributed by atoms with van der Waals surface area (Å²) < 4.78 is 45.3.